The van der Waals surface area contributed by atoms with Crippen LogP contribution in [0.1, 0.15) is 16.1 Å². The first-order valence-electron chi connectivity index (χ1n) is 8.95. The minimum absolute atomic E-state index is 0.201. The minimum Gasteiger partial charge on any atom is -0.454 e. The van der Waals surface area contributed by atoms with Gasteiger partial charge in [0.25, 0.3) is 5.91 Å². The van der Waals surface area contributed by atoms with Gasteiger partial charge in [-0.05, 0) is 37.3 Å². The number of amides is 1. The standard InChI is InChI=1S/C20H14ClN5O3S/c1-11-16(17(21)26(25-11)13-5-3-2-4-6-13)18(27)22-20-24-23-19(30-20)12-7-8-14-15(9-12)29-10-28-14/h2-9H,10H2,1H3,(H,22,24,27). The lowest BCUT2D eigenvalue weighted by Gasteiger charge is -2.03. The van der Waals surface area contributed by atoms with Crippen LogP contribution in [-0.2, 0) is 0 Å². The molecular weight excluding hydrogens is 426 g/mol. The summed E-state index contributed by atoms with van der Waals surface area (Å²) in [5.74, 6) is 0.953. The molecule has 0 saturated heterocycles. The molecule has 0 bridgehead atoms. The first-order chi connectivity index (χ1) is 14.6. The maximum Gasteiger partial charge on any atom is 0.262 e. The number of hydrogen-bond acceptors (Lipinski definition) is 7. The van der Waals surface area contributed by atoms with E-state index in [0.717, 1.165) is 11.3 Å². The van der Waals surface area contributed by atoms with Gasteiger partial charge < -0.3 is 9.47 Å². The molecule has 0 saturated carbocycles. The second-order valence-electron chi connectivity index (χ2n) is 6.43. The third-order valence-corrected chi connectivity index (χ3v) is 5.73. The van der Waals surface area contributed by atoms with Crippen molar-refractivity contribution >= 4 is 34.0 Å². The predicted molar refractivity (Wildman–Crippen MR) is 113 cm³/mol. The molecular formula is C20H14ClN5O3S. The van der Waals surface area contributed by atoms with E-state index in [-0.39, 0.29) is 11.9 Å². The summed E-state index contributed by atoms with van der Waals surface area (Å²) in [6, 6.07) is 14.9. The van der Waals surface area contributed by atoms with Gasteiger partial charge in [-0.15, -0.1) is 10.2 Å². The van der Waals surface area contributed by atoms with Crippen LogP contribution in [0.5, 0.6) is 11.5 Å². The summed E-state index contributed by atoms with van der Waals surface area (Å²) in [5, 5.41) is 16.6. The Bertz CT molecular complexity index is 1250. The zero-order valence-electron chi connectivity index (χ0n) is 15.6. The number of aryl methyl sites for hydroxylation is 1. The number of anilines is 1. The highest BCUT2D eigenvalue weighted by molar-refractivity contribution is 7.18. The molecule has 0 radical (unpaired) electrons. The SMILES string of the molecule is Cc1nn(-c2ccccc2)c(Cl)c1C(=O)Nc1nnc(-c2ccc3c(c2)OCO3)s1. The fourth-order valence-electron chi connectivity index (χ4n) is 3.08. The Morgan fingerprint density at radius 2 is 1.93 bits per heavy atom. The van der Waals surface area contributed by atoms with E-state index in [1.54, 1.807) is 6.92 Å². The van der Waals surface area contributed by atoms with Crippen LogP contribution in [0.3, 0.4) is 0 Å². The van der Waals surface area contributed by atoms with Gasteiger partial charge in [-0.25, -0.2) is 4.68 Å². The smallest absolute Gasteiger partial charge is 0.262 e. The van der Waals surface area contributed by atoms with Gasteiger partial charge in [0.2, 0.25) is 11.9 Å². The molecule has 0 aliphatic carbocycles. The lowest BCUT2D eigenvalue weighted by Crippen LogP contribution is -2.13. The maximum atomic E-state index is 12.9. The first kappa shape index (κ1) is 18.6. The van der Waals surface area contributed by atoms with Crippen LogP contribution >= 0.6 is 22.9 Å². The summed E-state index contributed by atoms with van der Waals surface area (Å²) in [7, 11) is 0. The summed E-state index contributed by atoms with van der Waals surface area (Å²) in [6.07, 6.45) is 0. The average molecular weight is 440 g/mol. The molecule has 5 rings (SSSR count). The van der Waals surface area contributed by atoms with Crippen molar-refractivity contribution in [2.24, 2.45) is 0 Å². The lowest BCUT2D eigenvalue weighted by molar-refractivity contribution is 0.102. The van der Waals surface area contributed by atoms with E-state index in [1.165, 1.54) is 16.0 Å². The van der Waals surface area contributed by atoms with Crippen LogP contribution in [0.25, 0.3) is 16.3 Å². The number of nitrogens with one attached hydrogen (secondary N) is 1. The van der Waals surface area contributed by atoms with E-state index in [4.69, 9.17) is 21.1 Å². The zero-order valence-corrected chi connectivity index (χ0v) is 17.2. The molecule has 1 amide bonds. The van der Waals surface area contributed by atoms with Gasteiger partial charge >= 0.3 is 0 Å². The molecule has 30 heavy (non-hydrogen) atoms. The van der Waals surface area contributed by atoms with Crippen LogP contribution in [0, 0.1) is 6.92 Å². The molecule has 10 heteroatoms. The maximum absolute atomic E-state index is 12.9. The molecule has 0 fully saturated rings. The van der Waals surface area contributed by atoms with E-state index in [0.29, 0.717) is 32.9 Å². The number of halogens is 1. The minimum atomic E-state index is -0.395. The summed E-state index contributed by atoms with van der Waals surface area (Å²) < 4.78 is 12.2. The molecule has 4 aromatic rings. The highest BCUT2D eigenvalue weighted by Gasteiger charge is 2.23. The van der Waals surface area contributed by atoms with Crippen LogP contribution in [0.2, 0.25) is 5.15 Å². The molecule has 1 aliphatic rings. The van der Waals surface area contributed by atoms with Crippen molar-refractivity contribution in [2.75, 3.05) is 12.1 Å². The number of rotatable bonds is 4. The number of aromatic nitrogens is 4. The van der Waals surface area contributed by atoms with Gasteiger partial charge in [0.1, 0.15) is 15.7 Å². The molecule has 150 valence electrons. The summed E-state index contributed by atoms with van der Waals surface area (Å²) >= 11 is 7.71. The molecule has 3 heterocycles. The van der Waals surface area contributed by atoms with Crippen molar-refractivity contribution in [3.8, 4) is 27.8 Å². The Morgan fingerprint density at radius 3 is 2.77 bits per heavy atom. The van der Waals surface area contributed by atoms with Crippen molar-refractivity contribution in [2.45, 2.75) is 6.92 Å². The molecule has 1 aliphatic heterocycles. The van der Waals surface area contributed by atoms with Crippen LogP contribution in [0.4, 0.5) is 5.13 Å². The van der Waals surface area contributed by atoms with Gasteiger partial charge in [0, 0.05) is 5.56 Å². The summed E-state index contributed by atoms with van der Waals surface area (Å²) in [6.45, 7) is 1.94. The van der Waals surface area contributed by atoms with E-state index >= 15 is 0 Å². The molecule has 0 spiro atoms. The van der Waals surface area contributed by atoms with E-state index in [2.05, 4.69) is 20.6 Å². The normalized spacial score (nSPS) is 12.2. The van der Waals surface area contributed by atoms with Gasteiger partial charge in [0.15, 0.2) is 11.5 Å². The Labute approximate surface area is 180 Å². The van der Waals surface area contributed by atoms with Crippen molar-refractivity contribution in [3.63, 3.8) is 0 Å². The third kappa shape index (κ3) is 3.27. The number of hydrogen-bond donors (Lipinski definition) is 1. The lowest BCUT2D eigenvalue weighted by atomic mass is 10.2. The van der Waals surface area contributed by atoms with Gasteiger partial charge in [0.05, 0.1) is 11.4 Å². The summed E-state index contributed by atoms with van der Waals surface area (Å²) in [4.78, 5) is 12.9. The topological polar surface area (TPSA) is 91.2 Å². The monoisotopic (exact) mass is 439 g/mol. The Morgan fingerprint density at radius 1 is 1.13 bits per heavy atom. The van der Waals surface area contributed by atoms with Crippen LogP contribution in [-0.4, -0.2) is 32.7 Å². The van der Waals surface area contributed by atoms with Crippen LogP contribution < -0.4 is 14.8 Å². The Kier molecular flexibility index (Phi) is 4.61. The number of carbonyl (C=O) groups is 1. The average Bonchev–Trinajstić information content (AvgIpc) is 3.47. The van der Waals surface area contributed by atoms with Gasteiger partial charge in [-0.3, -0.25) is 10.1 Å². The molecule has 1 N–H and O–H groups in total. The first-order valence-corrected chi connectivity index (χ1v) is 10.1. The molecule has 0 unspecified atom stereocenters. The number of para-hydroxylation sites is 1. The fraction of sp³-hybridized carbons (Fsp3) is 0.100. The van der Waals surface area contributed by atoms with E-state index in [9.17, 15) is 4.79 Å². The van der Waals surface area contributed by atoms with Gasteiger partial charge in [-0.1, -0.05) is 41.1 Å². The fourth-order valence-corrected chi connectivity index (χ4v) is 4.17. The van der Waals surface area contributed by atoms with Gasteiger partial charge in [-0.2, -0.15) is 5.10 Å². The van der Waals surface area contributed by atoms with E-state index in [1.807, 2.05) is 48.5 Å². The number of fused-ring (bicyclic) bond motifs is 1. The molecule has 8 nitrogen and oxygen atoms in total. The quantitative estimate of drug-likeness (QED) is 0.508. The number of benzene rings is 2. The van der Waals surface area contributed by atoms with Crippen molar-refractivity contribution in [3.05, 3.63) is 64.9 Å². The summed E-state index contributed by atoms with van der Waals surface area (Å²) in [5.41, 5.74) is 2.40. The largest absolute Gasteiger partial charge is 0.454 e. The van der Waals surface area contributed by atoms with Crippen LogP contribution in [0.15, 0.2) is 48.5 Å². The molecule has 0 atom stereocenters. The zero-order chi connectivity index (χ0) is 20.7. The molecule has 2 aromatic heterocycles. The third-order valence-electron chi connectivity index (χ3n) is 4.50. The number of nitrogens with zero attached hydrogens (tertiary/aromatic N) is 4. The molecule has 2 aromatic carbocycles. The predicted octanol–water partition coefficient (Wildman–Crippen LogP) is 4.33. The Balaban J connectivity index is 1.39. The highest BCUT2D eigenvalue weighted by atomic mass is 35.5. The second kappa shape index (κ2) is 7.43. The van der Waals surface area contributed by atoms with E-state index < -0.39 is 5.91 Å². The van der Waals surface area contributed by atoms with Crippen molar-refractivity contribution in [1.29, 1.82) is 0 Å². The van der Waals surface area contributed by atoms with Crippen molar-refractivity contribution < 1.29 is 14.3 Å². The Hall–Kier alpha value is -3.43. The number of ether oxygens (including phenoxy) is 2. The second-order valence-corrected chi connectivity index (χ2v) is 7.77. The number of carbonyl (C=O) groups excluding carboxylic acids is 1. The highest BCUT2D eigenvalue weighted by Crippen LogP contribution is 2.37. The van der Waals surface area contributed by atoms with Crippen molar-refractivity contribution in [1.82, 2.24) is 20.0 Å².